The molecule has 0 atom stereocenters. The number of hydrogen-bond donors (Lipinski definition) is 1. The number of nitrogens with one attached hydrogen (secondary N) is 1. The fraction of sp³-hybridized carbons (Fsp3) is 0.0556. The Labute approximate surface area is 163 Å². The molecule has 7 nitrogen and oxygen atoms in total. The number of halogens is 1. The van der Waals surface area contributed by atoms with Crippen LogP contribution in [-0.4, -0.2) is 31.1 Å². The van der Waals surface area contributed by atoms with Gasteiger partial charge in [-0.15, -0.1) is 16.4 Å². The predicted molar refractivity (Wildman–Crippen MR) is 104 cm³/mol. The Morgan fingerprint density at radius 2 is 1.85 bits per heavy atom. The van der Waals surface area contributed by atoms with Crippen molar-refractivity contribution in [2.24, 2.45) is 0 Å². The van der Waals surface area contributed by atoms with Crippen LogP contribution in [0.4, 0.5) is 5.13 Å². The van der Waals surface area contributed by atoms with E-state index in [2.05, 4.69) is 25.8 Å². The van der Waals surface area contributed by atoms with E-state index < -0.39 is 0 Å². The molecule has 0 aliphatic heterocycles. The Hall–Kier alpha value is -3.10. The summed E-state index contributed by atoms with van der Waals surface area (Å²) in [5, 5.41) is 15.1. The first-order valence-electron chi connectivity index (χ1n) is 7.98. The van der Waals surface area contributed by atoms with Crippen LogP contribution in [0.1, 0.15) is 15.2 Å². The van der Waals surface area contributed by atoms with Gasteiger partial charge in [-0.3, -0.25) is 10.1 Å². The van der Waals surface area contributed by atoms with Gasteiger partial charge in [-0.05, 0) is 53.7 Å². The number of anilines is 1. The van der Waals surface area contributed by atoms with Crippen LogP contribution in [0.15, 0.2) is 54.9 Å². The summed E-state index contributed by atoms with van der Waals surface area (Å²) in [5.41, 5.74) is 3.08. The minimum absolute atomic E-state index is 0.227. The van der Waals surface area contributed by atoms with Gasteiger partial charge < -0.3 is 0 Å². The summed E-state index contributed by atoms with van der Waals surface area (Å²) in [6.07, 6.45) is 1.49. The number of rotatable bonds is 4. The predicted octanol–water partition coefficient (Wildman–Crippen LogP) is 4.00. The van der Waals surface area contributed by atoms with Gasteiger partial charge >= 0.3 is 0 Å². The van der Waals surface area contributed by atoms with E-state index in [-0.39, 0.29) is 5.91 Å². The number of tetrazole rings is 1. The molecule has 4 rings (SSSR count). The van der Waals surface area contributed by atoms with Crippen LogP contribution in [0.3, 0.4) is 0 Å². The second-order valence-corrected chi connectivity index (χ2v) is 7.33. The van der Waals surface area contributed by atoms with E-state index in [0.29, 0.717) is 15.7 Å². The van der Waals surface area contributed by atoms with Crippen LogP contribution in [0, 0.1) is 6.92 Å². The molecule has 0 radical (unpaired) electrons. The number of carbonyl (C=O) groups is 1. The molecule has 134 valence electrons. The molecule has 0 saturated carbocycles. The van der Waals surface area contributed by atoms with Gasteiger partial charge in [-0.25, -0.2) is 9.67 Å². The van der Waals surface area contributed by atoms with Gasteiger partial charge in [0.2, 0.25) is 0 Å². The number of carbonyl (C=O) groups excluding carboxylic acids is 1. The topological polar surface area (TPSA) is 85.6 Å². The molecule has 1 amide bonds. The first kappa shape index (κ1) is 17.3. The van der Waals surface area contributed by atoms with Gasteiger partial charge in [0.25, 0.3) is 5.91 Å². The zero-order chi connectivity index (χ0) is 18.8. The maximum Gasteiger partial charge on any atom is 0.257 e. The Morgan fingerprint density at radius 3 is 2.52 bits per heavy atom. The van der Waals surface area contributed by atoms with Gasteiger partial charge in [-0.2, -0.15) is 0 Å². The highest BCUT2D eigenvalue weighted by Gasteiger charge is 2.13. The van der Waals surface area contributed by atoms with Crippen LogP contribution in [0.5, 0.6) is 0 Å². The average molecular weight is 397 g/mol. The Balaban J connectivity index is 1.51. The third-order valence-corrected chi connectivity index (χ3v) is 5.02. The second-order valence-electron chi connectivity index (χ2n) is 5.69. The minimum atomic E-state index is -0.227. The van der Waals surface area contributed by atoms with Crippen molar-refractivity contribution in [2.75, 3.05) is 5.32 Å². The van der Waals surface area contributed by atoms with Crippen LogP contribution >= 0.6 is 22.9 Å². The average Bonchev–Trinajstić information content (AvgIpc) is 3.33. The van der Waals surface area contributed by atoms with Crippen molar-refractivity contribution < 1.29 is 4.79 Å². The van der Waals surface area contributed by atoms with E-state index in [9.17, 15) is 4.79 Å². The molecule has 0 aliphatic rings. The summed E-state index contributed by atoms with van der Waals surface area (Å²) in [6, 6.07) is 14.4. The highest BCUT2D eigenvalue weighted by atomic mass is 35.5. The molecular weight excluding hydrogens is 384 g/mol. The lowest BCUT2D eigenvalue weighted by Gasteiger charge is -2.03. The second kappa shape index (κ2) is 7.26. The summed E-state index contributed by atoms with van der Waals surface area (Å²) in [6.45, 7) is 1.97. The number of aryl methyl sites for hydroxylation is 1. The first-order chi connectivity index (χ1) is 13.1. The lowest BCUT2D eigenvalue weighted by molar-refractivity contribution is 0.102. The normalized spacial score (nSPS) is 10.7. The van der Waals surface area contributed by atoms with Crippen LogP contribution in [0.25, 0.3) is 16.9 Å². The third-order valence-electron chi connectivity index (χ3n) is 3.88. The molecule has 0 saturated heterocycles. The first-order valence-corrected chi connectivity index (χ1v) is 9.18. The van der Waals surface area contributed by atoms with Crippen molar-refractivity contribution >= 4 is 34.0 Å². The number of amides is 1. The van der Waals surface area contributed by atoms with Gasteiger partial charge in [-0.1, -0.05) is 23.7 Å². The lowest BCUT2D eigenvalue weighted by Crippen LogP contribution is -2.11. The zero-order valence-electron chi connectivity index (χ0n) is 14.1. The molecule has 2 heterocycles. The van der Waals surface area contributed by atoms with Crippen molar-refractivity contribution in [1.29, 1.82) is 0 Å². The molecule has 2 aromatic heterocycles. The van der Waals surface area contributed by atoms with Gasteiger partial charge in [0.05, 0.1) is 11.4 Å². The summed E-state index contributed by atoms with van der Waals surface area (Å²) >= 11 is 7.37. The molecule has 0 bridgehead atoms. The van der Waals surface area contributed by atoms with Crippen molar-refractivity contribution in [3.63, 3.8) is 0 Å². The summed E-state index contributed by atoms with van der Waals surface area (Å²) < 4.78 is 1.52. The molecule has 0 unspecified atom stereocenters. The van der Waals surface area contributed by atoms with Crippen LogP contribution in [0.2, 0.25) is 5.02 Å². The molecule has 0 fully saturated rings. The fourth-order valence-corrected chi connectivity index (χ4v) is 3.50. The number of hydrogen-bond acceptors (Lipinski definition) is 6. The highest BCUT2D eigenvalue weighted by molar-refractivity contribution is 7.16. The SMILES string of the molecule is Cc1sc(NC(=O)c2ccc(-n3cnnn3)cc2)nc1-c1ccc(Cl)cc1. The molecule has 9 heteroatoms. The number of aromatic nitrogens is 5. The molecular formula is C18H13ClN6OS. The smallest absolute Gasteiger partial charge is 0.257 e. The Morgan fingerprint density at radius 1 is 1.11 bits per heavy atom. The van der Waals surface area contributed by atoms with Gasteiger partial charge in [0.15, 0.2) is 5.13 Å². The fourth-order valence-electron chi connectivity index (χ4n) is 2.54. The van der Waals surface area contributed by atoms with Gasteiger partial charge in [0, 0.05) is 21.0 Å². The number of benzene rings is 2. The van der Waals surface area contributed by atoms with Crippen molar-refractivity contribution in [3.8, 4) is 16.9 Å². The van der Waals surface area contributed by atoms with E-state index in [1.807, 2.05) is 31.2 Å². The van der Waals surface area contributed by atoms with Crippen LogP contribution in [-0.2, 0) is 0 Å². The van der Waals surface area contributed by atoms with Gasteiger partial charge in [0.1, 0.15) is 6.33 Å². The van der Waals surface area contributed by atoms with Crippen molar-refractivity contribution in [2.45, 2.75) is 6.92 Å². The van der Waals surface area contributed by atoms with E-state index in [0.717, 1.165) is 21.8 Å². The lowest BCUT2D eigenvalue weighted by atomic mass is 10.1. The van der Waals surface area contributed by atoms with E-state index in [4.69, 9.17) is 11.6 Å². The number of thiazole rings is 1. The summed E-state index contributed by atoms with van der Waals surface area (Å²) in [7, 11) is 0. The van der Waals surface area contributed by atoms with E-state index in [1.54, 1.807) is 24.3 Å². The largest absolute Gasteiger partial charge is 0.298 e. The zero-order valence-corrected chi connectivity index (χ0v) is 15.7. The Bertz CT molecular complexity index is 1070. The quantitative estimate of drug-likeness (QED) is 0.563. The molecule has 1 N–H and O–H groups in total. The van der Waals surface area contributed by atoms with E-state index in [1.165, 1.54) is 22.3 Å². The maximum absolute atomic E-state index is 12.5. The number of nitrogens with zero attached hydrogens (tertiary/aromatic N) is 5. The minimum Gasteiger partial charge on any atom is -0.298 e. The van der Waals surface area contributed by atoms with Crippen molar-refractivity contribution in [1.82, 2.24) is 25.2 Å². The summed E-state index contributed by atoms with van der Waals surface area (Å²) in [5.74, 6) is -0.227. The van der Waals surface area contributed by atoms with Crippen molar-refractivity contribution in [3.05, 3.63) is 70.3 Å². The van der Waals surface area contributed by atoms with E-state index >= 15 is 0 Å². The maximum atomic E-state index is 12.5. The molecule has 2 aromatic carbocycles. The monoisotopic (exact) mass is 396 g/mol. The molecule has 27 heavy (non-hydrogen) atoms. The molecule has 0 aliphatic carbocycles. The highest BCUT2D eigenvalue weighted by Crippen LogP contribution is 2.31. The van der Waals surface area contributed by atoms with Crippen LogP contribution < -0.4 is 5.32 Å². The standard InChI is InChI=1S/C18H13ClN6OS/c1-11-16(12-2-6-14(19)7-3-12)21-18(27-11)22-17(26)13-4-8-15(9-5-13)25-10-20-23-24-25/h2-10H,1H3,(H,21,22,26). The third kappa shape index (κ3) is 3.71. The molecule has 0 spiro atoms. The Kier molecular flexibility index (Phi) is 4.66. The summed E-state index contributed by atoms with van der Waals surface area (Å²) in [4.78, 5) is 18.1. The molecule has 4 aromatic rings.